The van der Waals surface area contributed by atoms with Gasteiger partial charge in [0, 0.05) is 50.2 Å². The number of nitrogens with one attached hydrogen (secondary N) is 2. The smallest absolute Gasteiger partial charge is 0.320 e. The van der Waals surface area contributed by atoms with Gasteiger partial charge in [0.2, 0.25) is 0 Å². The number of urea groups is 1. The van der Waals surface area contributed by atoms with E-state index in [1.807, 2.05) is 41.0 Å². The van der Waals surface area contributed by atoms with Crippen molar-refractivity contribution in [3.8, 4) is 0 Å². The van der Waals surface area contributed by atoms with Gasteiger partial charge in [-0.25, -0.2) is 14.3 Å². The summed E-state index contributed by atoms with van der Waals surface area (Å²) in [6.45, 7) is 1.47. The van der Waals surface area contributed by atoms with Gasteiger partial charge in [-0.2, -0.15) is 5.10 Å². The number of hydrogen-bond donors (Lipinski definition) is 2. The lowest BCUT2D eigenvalue weighted by atomic mass is 9.60. The fourth-order valence-corrected chi connectivity index (χ4v) is 5.15. The van der Waals surface area contributed by atoms with Gasteiger partial charge in [0.05, 0.1) is 6.20 Å². The van der Waals surface area contributed by atoms with Gasteiger partial charge >= 0.3 is 6.03 Å². The van der Waals surface area contributed by atoms with Crippen LogP contribution in [0.3, 0.4) is 0 Å². The van der Waals surface area contributed by atoms with E-state index >= 15 is 0 Å². The average Bonchev–Trinajstić information content (AvgIpc) is 3.36. The standard InChI is InChI=1S/C22H25N7O2/c1-27-6-7-29-19(27)17(11-24-29)20(30)28-12-22(13-28)9-16(10-22)25-21(31)26-18-8-15(4-5-23-18)14-2-3-14/h4-8,11,14,16H,2-3,9-10,12-13H2,1H3,(H2,23,25,26,31). The molecule has 3 aliphatic rings. The summed E-state index contributed by atoms with van der Waals surface area (Å²) in [6, 6.07) is 3.92. The van der Waals surface area contributed by atoms with E-state index in [9.17, 15) is 9.59 Å². The molecule has 1 aliphatic heterocycles. The van der Waals surface area contributed by atoms with Crippen LogP contribution < -0.4 is 10.6 Å². The lowest BCUT2D eigenvalue weighted by molar-refractivity contribution is -0.0582. The first-order chi connectivity index (χ1) is 15.0. The van der Waals surface area contributed by atoms with Crippen molar-refractivity contribution in [3.63, 3.8) is 0 Å². The summed E-state index contributed by atoms with van der Waals surface area (Å²) >= 11 is 0. The average molecular weight is 419 g/mol. The Morgan fingerprint density at radius 3 is 2.77 bits per heavy atom. The normalized spacial score (nSPS) is 19.8. The number of likely N-dealkylation sites (tertiary alicyclic amines) is 1. The highest BCUT2D eigenvalue weighted by Gasteiger charge is 2.54. The summed E-state index contributed by atoms with van der Waals surface area (Å²) < 4.78 is 3.63. The van der Waals surface area contributed by atoms with E-state index in [2.05, 4.69) is 20.7 Å². The molecule has 1 saturated heterocycles. The van der Waals surface area contributed by atoms with Crippen molar-refractivity contribution in [2.75, 3.05) is 18.4 Å². The Morgan fingerprint density at radius 2 is 2.00 bits per heavy atom. The van der Waals surface area contributed by atoms with E-state index in [1.54, 1.807) is 16.9 Å². The molecule has 3 fully saturated rings. The molecule has 0 unspecified atom stereocenters. The van der Waals surface area contributed by atoms with Crippen LogP contribution in [0.15, 0.2) is 36.9 Å². The number of hydrogen-bond acceptors (Lipinski definition) is 4. The van der Waals surface area contributed by atoms with Crippen LogP contribution in [0.5, 0.6) is 0 Å². The minimum atomic E-state index is -0.210. The maximum Gasteiger partial charge on any atom is 0.320 e. The summed E-state index contributed by atoms with van der Waals surface area (Å²) in [5, 5.41) is 10.2. The maximum absolute atomic E-state index is 12.9. The lowest BCUT2D eigenvalue weighted by Gasteiger charge is -2.58. The molecule has 9 heteroatoms. The van der Waals surface area contributed by atoms with Crippen LogP contribution in [0.25, 0.3) is 5.65 Å². The zero-order chi connectivity index (χ0) is 21.2. The minimum Gasteiger partial charge on any atom is -0.337 e. The van der Waals surface area contributed by atoms with Gasteiger partial charge in [-0.3, -0.25) is 10.1 Å². The molecule has 6 rings (SSSR count). The quantitative estimate of drug-likeness (QED) is 0.679. The molecule has 160 valence electrons. The van der Waals surface area contributed by atoms with Crippen LogP contribution in [0.1, 0.15) is 47.5 Å². The van der Waals surface area contributed by atoms with Crippen molar-refractivity contribution in [2.45, 2.75) is 37.6 Å². The molecule has 2 aliphatic carbocycles. The highest BCUT2D eigenvalue weighted by Crippen LogP contribution is 2.48. The first kappa shape index (κ1) is 18.4. The van der Waals surface area contributed by atoms with Gasteiger partial charge in [-0.15, -0.1) is 0 Å². The minimum absolute atomic E-state index is 0.0261. The first-order valence-electron chi connectivity index (χ1n) is 10.8. The number of carbonyl (C=O) groups is 2. The van der Waals surface area contributed by atoms with Gasteiger partial charge in [0.15, 0.2) is 0 Å². The van der Waals surface area contributed by atoms with E-state index in [0.29, 0.717) is 17.3 Å². The molecule has 3 aromatic heterocycles. The Balaban J connectivity index is 1.00. The van der Waals surface area contributed by atoms with Crippen LogP contribution in [0.2, 0.25) is 0 Å². The third kappa shape index (κ3) is 3.15. The Labute approximate surface area is 179 Å². The molecule has 9 nitrogen and oxygen atoms in total. The molecule has 0 aromatic carbocycles. The third-order valence-electron chi connectivity index (χ3n) is 6.87. The second kappa shape index (κ2) is 6.57. The molecular formula is C22H25N7O2. The first-order valence-corrected chi connectivity index (χ1v) is 10.8. The summed E-state index contributed by atoms with van der Waals surface area (Å²) in [5.74, 6) is 1.26. The van der Waals surface area contributed by atoms with Crippen LogP contribution in [0.4, 0.5) is 10.6 Å². The zero-order valence-corrected chi connectivity index (χ0v) is 17.4. The Morgan fingerprint density at radius 1 is 1.19 bits per heavy atom. The second-order valence-electron chi connectivity index (χ2n) is 9.35. The largest absolute Gasteiger partial charge is 0.337 e. The predicted molar refractivity (Wildman–Crippen MR) is 114 cm³/mol. The van der Waals surface area contributed by atoms with Crippen LogP contribution in [-0.4, -0.2) is 55.1 Å². The molecule has 0 atom stereocenters. The molecule has 31 heavy (non-hydrogen) atoms. The van der Waals surface area contributed by atoms with Crippen molar-refractivity contribution in [1.29, 1.82) is 0 Å². The predicted octanol–water partition coefficient (Wildman–Crippen LogP) is 2.37. The van der Waals surface area contributed by atoms with Crippen LogP contribution in [-0.2, 0) is 7.05 Å². The van der Waals surface area contributed by atoms with E-state index in [1.165, 1.54) is 18.4 Å². The SMILES string of the molecule is Cn1ccn2ncc(C(=O)N3CC4(CC(NC(=O)Nc5cc(C6CC6)ccn5)C4)C3)c12. The van der Waals surface area contributed by atoms with Gasteiger partial charge in [0.1, 0.15) is 17.0 Å². The second-order valence-corrected chi connectivity index (χ2v) is 9.35. The zero-order valence-electron chi connectivity index (χ0n) is 17.4. The Bertz CT molecular complexity index is 1180. The van der Waals surface area contributed by atoms with Crippen molar-refractivity contribution in [3.05, 3.63) is 48.0 Å². The number of pyridine rings is 1. The number of nitrogens with zero attached hydrogens (tertiary/aromatic N) is 5. The topological polar surface area (TPSA) is 96.6 Å². The van der Waals surface area contributed by atoms with Gasteiger partial charge in [-0.1, -0.05) is 0 Å². The highest BCUT2D eigenvalue weighted by atomic mass is 16.2. The van der Waals surface area contributed by atoms with Crippen LogP contribution in [0, 0.1) is 5.41 Å². The van der Waals surface area contributed by atoms with Gasteiger partial charge < -0.3 is 14.8 Å². The summed E-state index contributed by atoms with van der Waals surface area (Å²) in [7, 11) is 1.91. The molecule has 3 amide bonds. The van der Waals surface area contributed by atoms with Crippen LogP contribution >= 0.6 is 0 Å². The molecule has 3 aromatic rings. The number of carbonyl (C=O) groups excluding carboxylic acids is 2. The number of rotatable bonds is 4. The van der Waals surface area contributed by atoms with E-state index in [4.69, 9.17) is 0 Å². The monoisotopic (exact) mass is 419 g/mol. The van der Waals surface area contributed by atoms with E-state index in [0.717, 1.165) is 31.6 Å². The van der Waals surface area contributed by atoms with E-state index in [-0.39, 0.29) is 23.4 Å². The molecule has 0 radical (unpaired) electrons. The summed E-state index contributed by atoms with van der Waals surface area (Å²) in [6.07, 6.45) is 11.4. The lowest BCUT2D eigenvalue weighted by Crippen LogP contribution is -2.67. The van der Waals surface area contributed by atoms with Gasteiger partial charge in [0.25, 0.3) is 5.91 Å². The fourth-order valence-electron chi connectivity index (χ4n) is 5.15. The van der Waals surface area contributed by atoms with Gasteiger partial charge in [-0.05, 0) is 49.3 Å². The summed E-state index contributed by atoms with van der Waals surface area (Å²) in [5.41, 5.74) is 2.84. The molecule has 0 bridgehead atoms. The van der Waals surface area contributed by atoms with Crippen molar-refractivity contribution < 1.29 is 9.59 Å². The number of aromatic nitrogens is 4. The van der Waals surface area contributed by atoms with E-state index < -0.39 is 0 Å². The number of imidazole rings is 1. The Kier molecular flexibility index (Phi) is 3.90. The molecule has 2 N–H and O–H groups in total. The third-order valence-corrected chi connectivity index (χ3v) is 6.87. The fraction of sp³-hybridized carbons (Fsp3) is 0.455. The Hall–Kier alpha value is -3.36. The number of fused-ring (bicyclic) bond motifs is 1. The molecule has 1 spiro atoms. The van der Waals surface area contributed by atoms with Crippen molar-refractivity contribution >= 4 is 23.4 Å². The van der Waals surface area contributed by atoms with Crippen molar-refractivity contribution in [2.24, 2.45) is 12.5 Å². The molecule has 4 heterocycles. The summed E-state index contributed by atoms with van der Waals surface area (Å²) in [4.78, 5) is 31.4. The molecular weight excluding hydrogens is 394 g/mol. The molecule has 2 saturated carbocycles. The maximum atomic E-state index is 12.9. The number of amides is 3. The number of aryl methyl sites for hydroxylation is 1. The highest BCUT2D eigenvalue weighted by molar-refractivity contribution is 6.00. The van der Waals surface area contributed by atoms with Crippen molar-refractivity contribution in [1.82, 2.24) is 29.4 Å². The number of anilines is 1.